The van der Waals surface area contributed by atoms with Crippen LogP contribution in [0.4, 0.5) is 5.69 Å². The van der Waals surface area contributed by atoms with Gasteiger partial charge in [0.05, 0.1) is 18.9 Å². The molecular formula is C18H16N2O4. The van der Waals surface area contributed by atoms with Crippen LogP contribution in [0.1, 0.15) is 16.1 Å². The average Bonchev–Trinajstić information content (AvgIpc) is 3.10. The number of nitrogens with one attached hydrogen (secondary N) is 1. The monoisotopic (exact) mass is 324 g/mol. The molecule has 2 aromatic carbocycles. The number of carbonyl (C=O) groups is 1. The Kier molecular flexibility index (Phi) is 4.76. The van der Waals surface area contributed by atoms with Crippen LogP contribution in [-0.4, -0.2) is 18.2 Å². The van der Waals surface area contributed by atoms with E-state index in [4.69, 9.17) is 14.0 Å². The molecule has 0 fully saturated rings. The lowest BCUT2D eigenvalue weighted by atomic mass is 10.2. The lowest BCUT2D eigenvalue weighted by Crippen LogP contribution is -2.11. The Bertz CT molecular complexity index is 815. The van der Waals surface area contributed by atoms with Crippen molar-refractivity contribution >= 4 is 11.6 Å². The molecule has 6 nitrogen and oxygen atoms in total. The number of rotatable bonds is 6. The number of para-hydroxylation sites is 2. The van der Waals surface area contributed by atoms with Crippen molar-refractivity contribution < 1.29 is 18.8 Å². The number of ether oxygens (including phenoxy) is 2. The van der Waals surface area contributed by atoms with Gasteiger partial charge in [-0.1, -0.05) is 42.5 Å². The summed E-state index contributed by atoms with van der Waals surface area (Å²) >= 11 is 0. The Hall–Kier alpha value is -3.28. The molecule has 0 unspecified atom stereocenters. The van der Waals surface area contributed by atoms with E-state index in [1.807, 2.05) is 36.4 Å². The van der Waals surface area contributed by atoms with Crippen LogP contribution in [0.25, 0.3) is 0 Å². The van der Waals surface area contributed by atoms with Gasteiger partial charge < -0.3 is 19.3 Å². The summed E-state index contributed by atoms with van der Waals surface area (Å²) in [5, 5.41) is 6.46. The number of hydrogen-bond donors (Lipinski definition) is 1. The summed E-state index contributed by atoms with van der Waals surface area (Å²) < 4.78 is 15.7. The van der Waals surface area contributed by atoms with Gasteiger partial charge in [0.2, 0.25) is 5.76 Å². The van der Waals surface area contributed by atoms with Gasteiger partial charge in [-0.3, -0.25) is 4.79 Å². The summed E-state index contributed by atoms with van der Waals surface area (Å²) in [7, 11) is 1.54. The topological polar surface area (TPSA) is 73.6 Å². The van der Waals surface area contributed by atoms with Gasteiger partial charge in [0.15, 0.2) is 0 Å². The van der Waals surface area contributed by atoms with E-state index >= 15 is 0 Å². The van der Waals surface area contributed by atoms with Crippen LogP contribution < -0.4 is 14.8 Å². The highest BCUT2D eigenvalue weighted by Gasteiger charge is 2.15. The number of methoxy groups -OCH3 is 1. The molecule has 24 heavy (non-hydrogen) atoms. The zero-order chi connectivity index (χ0) is 16.8. The number of benzene rings is 2. The van der Waals surface area contributed by atoms with Crippen molar-refractivity contribution in [2.45, 2.75) is 6.61 Å². The van der Waals surface area contributed by atoms with Gasteiger partial charge >= 0.3 is 0 Å². The average molecular weight is 324 g/mol. The van der Waals surface area contributed by atoms with Crippen LogP contribution in [0.3, 0.4) is 0 Å². The van der Waals surface area contributed by atoms with E-state index in [0.717, 1.165) is 5.56 Å². The second kappa shape index (κ2) is 7.32. The quantitative estimate of drug-likeness (QED) is 0.751. The highest BCUT2D eigenvalue weighted by Crippen LogP contribution is 2.24. The first-order valence-electron chi connectivity index (χ1n) is 7.34. The molecule has 3 aromatic rings. The number of carbonyl (C=O) groups excluding carboxylic acids is 1. The molecule has 0 aliphatic carbocycles. The van der Waals surface area contributed by atoms with Gasteiger partial charge in [0.25, 0.3) is 11.8 Å². The summed E-state index contributed by atoms with van der Waals surface area (Å²) in [6.45, 7) is 0.348. The third-order valence-corrected chi connectivity index (χ3v) is 3.30. The highest BCUT2D eigenvalue weighted by molar-refractivity contribution is 6.03. The minimum atomic E-state index is -0.429. The van der Waals surface area contributed by atoms with E-state index in [2.05, 4.69) is 10.5 Å². The maximum absolute atomic E-state index is 12.2. The first kappa shape index (κ1) is 15.6. The largest absolute Gasteiger partial charge is 0.495 e. The first-order chi connectivity index (χ1) is 11.8. The van der Waals surface area contributed by atoms with Gasteiger partial charge in [-0.2, -0.15) is 0 Å². The van der Waals surface area contributed by atoms with Crippen LogP contribution in [-0.2, 0) is 6.61 Å². The van der Waals surface area contributed by atoms with Gasteiger partial charge in [0.1, 0.15) is 12.4 Å². The predicted molar refractivity (Wildman–Crippen MR) is 88.2 cm³/mol. The van der Waals surface area contributed by atoms with Crippen LogP contribution in [0.15, 0.2) is 65.2 Å². The van der Waals surface area contributed by atoms with E-state index in [1.54, 1.807) is 18.2 Å². The lowest BCUT2D eigenvalue weighted by Gasteiger charge is -2.07. The highest BCUT2D eigenvalue weighted by atomic mass is 16.5. The van der Waals surface area contributed by atoms with Crippen molar-refractivity contribution in [1.82, 2.24) is 5.16 Å². The number of nitrogens with zero attached hydrogens (tertiary/aromatic N) is 1. The molecule has 1 aromatic heterocycles. The van der Waals surface area contributed by atoms with Gasteiger partial charge in [-0.05, 0) is 22.9 Å². The molecule has 0 aliphatic heterocycles. The number of aromatic nitrogens is 1. The van der Waals surface area contributed by atoms with E-state index < -0.39 is 5.91 Å². The summed E-state index contributed by atoms with van der Waals surface area (Å²) in [6.07, 6.45) is 0. The number of amides is 1. The third kappa shape index (κ3) is 3.73. The smallest absolute Gasteiger partial charge is 0.294 e. The normalized spacial score (nSPS) is 10.2. The molecule has 0 spiro atoms. The van der Waals surface area contributed by atoms with E-state index in [9.17, 15) is 4.79 Å². The molecule has 1 amide bonds. The minimum absolute atomic E-state index is 0.0592. The fourth-order valence-corrected chi connectivity index (χ4v) is 2.10. The molecule has 0 saturated heterocycles. The molecule has 122 valence electrons. The summed E-state index contributed by atoms with van der Waals surface area (Å²) in [5.74, 6) is 0.445. The predicted octanol–water partition coefficient (Wildman–Crippen LogP) is 3.51. The minimum Gasteiger partial charge on any atom is -0.495 e. The van der Waals surface area contributed by atoms with Crippen molar-refractivity contribution in [2.75, 3.05) is 12.4 Å². The molecule has 0 radical (unpaired) electrons. The second-order valence-electron chi connectivity index (χ2n) is 4.96. The lowest BCUT2D eigenvalue weighted by molar-refractivity contribution is 0.0987. The Morgan fingerprint density at radius 1 is 1.12 bits per heavy atom. The van der Waals surface area contributed by atoms with Crippen molar-refractivity contribution in [3.8, 4) is 11.6 Å². The van der Waals surface area contributed by atoms with Crippen LogP contribution >= 0.6 is 0 Å². The van der Waals surface area contributed by atoms with E-state index in [1.165, 1.54) is 13.2 Å². The Morgan fingerprint density at radius 2 is 1.88 bits per heavy atom. The Labute approximate surface area is 139 Å². The summed E-state index contributed by atoms with van der Waals surface area (Å²) in [6, 6.07) is 18.2. The molecule has 0 saturated carbocycles. The molecule has 0 atom stereocenters. The summed E-state index contributed by atoms with van der Waals surface area (Å²) in [4.78, 5) is 12.2. The van der Waals surface area contributed by atoms with Gasteiger partial charge in [0, 0.05) is 0 Å². The second-order valence-corrected chi connectivity index (χ2v) is 4.96. The molecule has 6 heteroatoms. The molecule has 0 aliphatic rings. The summed E-state index contributed by atoms with van der Waals surface area (Å²) in [5.41, 5.74) is 1.55. The Morgan fingerprint density at radius 3 is 2.67 bits per heavy atom. The van der Waals surface area contributed by atoms with Crippen molar-refractivity contribution in [3.05, 3.63) is 72.0 Å². The zero-order valence-corrected chi connectivity index (χ0v) is 13.1. The molecule has 1 N–H and O–H groups in total. The molecule has 1 heterocycles. The van der Waals surface area contributed by atoms with Crippen LogP contribution in [0.5, 0.6) is 11.6 Å². The third-order valence-electron chi connectivity index (χ3n) is 3.30. The standard InChI is InChI=1S/C18H16N2O4/c1-22-15-10-6-5-9-14(15)19-18(21)16-11-17(20-24-16)23-12-13-7-3-2-4-8-13/h2-11H,12H2,1H3,(H,19,21). The number of hydrogen-bond acceptors (Lipinski definition) is 5. The van der Waals surface area contributed by atoms with E-state index in [-0.39, 0.29) is 11.6 Å². The van der Waals surface area contributed by atoms with Crippen molar-refractivity contribution in [3.63, 3.8) is 0 Å². The van der Waals surface area contributed by atoms with Crippen LogP contribution in [0.2, 0.25) is 0 Å². The van der Waals surface area contributed by atoms with Crippen molar-refractivity contribution in [1.29, 1.82) is 0 Å². The zero-order valence-electron chi connectivity index (χ0n) is 13.1. The molecule has 0 bridgehead atoms. The Balaban J connectivity index is 1.63. The molecule has 3 rings (SSSR count). The fourth-order valence-electron chi connectivity index (χ4n) is 2.10. The number of anilines is 1. The fraction of sp³-hybridized carbons (Fsp3) is 0.111. The van der Waals surface area contributed by atoms with Gasteiger partial charge in [-0.25, -0.2) is 0 Å². The SMILES string of the molecule is COc1ccccc1NC(=O)c1cc(OCc2ccccc2)no1. The first-order valence-corrected chi connectivity index (χ1v) is 7.34. The van der Waals surface area contributed by atoms with Crippen LogP contribution in [0, 0.1) is 0 Å². The maximum atomic E-state index is 12.2. The molecular weight excluding hydrogens is 308 g/mol. The maximum Gasteiger partial charge on any atom is 0.294 e. The van der Waals surface area contributed by atoms with Gasteiger partial charge in [-0.15, -0.1) is 0 Å². The van der Waals surface area contributed by atoms with Crippen molar-refractivity contribution in [2.24, 2.45) is 0 Å². The van der Waals surface area contributed by atoms with E-state index in [0.29, 0.717) is 18.0 Å².